The van der Waals surface area contributed by atoms with Crippen LogP contribution in [0.5, 0.6) is 0 Å². The maximum Gasteiger partial charge on any atom is 0.203 e. The third-order valence-corrected chi connectivity index (χ3v) is 2.61. The average molecular weight is 247 g/mol. The molecule has 0 aliphatic heterocycles. The fraction of sp³-hybridized carbons (Fsp3) is 0.182. The monoisotopic (exact) mass is 247 g/mol. The van der Waals surface area contributed by atoms with Crippen LogP contribution in [0.2, 0.25) is 0 Å². The van der Waals surface area contributed by atoms with Crippen LogP contribution in [0.1, 0.15) is 16.8 Å². The van der Waals surface area contributed by atoms with Gasteiger partial charge in [-0.25, -0.2) is 4.63 Å². The van der Waals surface area contributed by atoms with Crippen molar-refractivity contribution in [2.75, 3.05) is 11.1 Å². The molecule has 0 fully saturated rings. The summed E-state index contributed by atoms with van der Waals surface area (Å²) in [5.74, 6) is 0.135. The zero-order chi connectivity index (χ0) is 13.1. The van der Waals surface area contributed by atoms with Crippen LogP contribution in [0, 0.1) is 13.8 Å². The van der Waals surface area contributed by atoms with Gasteiger partial charge in [0.15, 0.2) is 11.5 Å². The van der Waals surface area contributed by atoms with Crippen LogP contribution in [-0.4, -0.2) is 21.4 Å². The minimum Gasteiger partial charge on any atom is -0.409 e. The topological polar surface area (TPSA) is 110 Å². The molecule has 2 rings (SSSR count). The lowest BCUT2D eigenvalue weighted by atomic mass is 10.1. The number of amidine groups is 1. The molecule has 7 heteroatoms. The van der Waals surface area contributed by atoms with E-state index in [0.29, 0.717) is 0 Å². The molecule has 0 bridgehead atoms. The van der Waals surface area contributed by atoms with Crippen molar-refractivity contribution in [1.29, 1.82) is 0 Å². The van der Waals surface area contributed by atoms with Crippen molar-refractivity contribution >= 4 is 17.3 Å². The lowest BCUT2D eigenvalue weighted by molar-refractivity contribution is 0.305. The van der Waals surface area contributed by atoms with E-state index in [-0.39, 0.29) is 17.3 Å². The summed E-state index contributed by atoms with van der Waals surface area (Å²) in [6, 6.07) is 5.73. The Morgan fingerprint density at radius 3 is 2.67 bits per heavy atom. The normalized spacial score (nSPS) is 11.6. The van der Waals surface area contributed by atoms with Crippen LogP contribution in [0.15, 0.2) is 28.0 Å². The van der Waals surface area contributed by atoms with Crippen LogP contribution >= 0.6 is 0 Å². The zero-order valence-corrected chi connectivity index (χ0v) is 10.0. The van der Waals surface area contributed by atoms with Crippen molar-refractivity contribution < 1.29 is 9.84 Å². The molecule has 1 heterocycles. The van der Waals surface area contributed by atoms with Gasteiger partial charge in [-0.1, -0.05) is 11.2 Å². The molecule has 0 amide bonds. The Hall–Kier alpha value is -2.57. The Balaban J connectivity index is 2.27. The van der Waals surface area contributed by atoms with Gasteiger partial charge in [0.05, 0.1) is 0 Å². The molecule has 7 nitrogen and oxygen atoms in total. The number of rotatable bonds is 2. The number of nitrogens with zero attached hydrogens (tertiary/aromatic N) is 3. The fourth-order valence-corrected chi connectivity index (χ4v) is 1.45. The molecule has 1 aromatic heterocycles. The Labute approximate surface area is 103 Å². The van der Waals surface area contributed by atoms with Gasteiger partial charge in [-0.3, -0.25) is 0 Å². The summed E-state index contributed by atoms with van der Waals surface area (Å²) in [5.41, 5.74) is 8.73. The molecule has 1 aromatic carbocycles. The number of hydrogen-bond acceptors (Lipinski definition) is 6. The zero-order valence-electron chi connectivity index (χ0n) is 10.0. The number of aromatic nitrogens is 2. The van der Waals surface area contributed by atoms with Crippen LogP contribution in [-0.2, 0) is 0 Å². The summed E-state index contributed by atoms with van der Waals surface area (Å²) in [6.07, 6.45) is 0. The van der Waals surface area contributed by atoms with E-state index in [9.17, 15) is 0 Å². The van der Waals surface area contributed by atoms with Gasteiger partial charge in [0.25, 0.3) is 0 Å². The highest BCUT2D eigenvalue weighted by Crippen LogP contribution is 2.16. The number of aryl methyl sites for hydroxylation is 2. The number of benzene rings is 1. The van der Waals surface area contributed by atoms with Gasteiger partial charge in [0.2, 0.25) is 5.84 Å². The second-order valence-electron chi connectivity index (χ2n) is 3.87. The maximum absolute atomic E-state index is 8.97. The van der Waals surface area contributed by atoms with E-state index in [4.69, 9.17) is 10.9 Å². The highest BCUT2D eigenvalue weighted by molar-refractivity contribution is 6.09. The van der Waals surface area contributed by atoms with Gasteiger partial charge < -0.3 is 16.3 Å². The molecule has 2 aromatic rings. The minimum atomic E-state index is 0.0548. The Kier molecular flexibility index (Phi) is 3.13. The van der Waals surface area contributed by atoms with Crippen LogP contribution < -0.4 is 11.1 Å². The van der Waals surface area contributed by atoms with Gasteiger partial charge in [-0.15, -0.1) is 0 Å². The van der Waals surface area contributed by atoms with Crippen molar-refractivity contribution in [2.45, 2.75) is 13.8 Å². The molecule has 4 N–H and O–H groups in total. The van der Waals surface area contributed by atoms with E-state index in [1.165, 1.54) is 5.56 Å². The van der Waals surface area contributed by atoms with Crippen LogP contribution in [0.25, 0.3) is 0 Å². The summed E-state index contributed by atoms with van der Waals surface area (Å²) in [7, 11) is 0. The highest BCUT2D eigenvalue weighted by Gasteiger charge is 2.15. The largest absolute Gasteiger partial charge is 0.409 e. The van der Waals surface area contributed by atoms with Crippen LogP contribution in [0.3, 0.4) is 0 Å². The predicted molar refractivity (Wildman–Crippen MR) is 66.6 cm³/mol. The fourth-order valence-electron chi connectivity index (χ4n) is 1.45. The molecular weight excluding hydrogens is 234 g/mol. The quantitative estimate of drug-likeness (QED) is 0.321. The molecule has 0 unspecified atom stereocenters. The SMILES string of the molecule is Cc1ccc(N/C(=N/O)c2nonc2N)cc1C. The van der Waals surface area contributed by atoms with E-state index in [0.717, 1.165) is 11.3 Å². The first kappa shape index (κ1) is 11.9. The number of hydrogen-bond donors (Lipinski definition) is 3. The number of nitrogens with one attached hydrogen (secondary N) is 1. The molecular formula is C11H13N5O2. The Morgan fingerprint density at radius 2 is 2.11 bits per heavy atom. The standard InChI is InChI=1S/C11H13N5O2/c1-6-3-4-8(5-7(6)2)13-11(14-17)9-10(12)16-18-15-9/h3-5,17H,1-2H3,(H2,12,16)(H,13,14). The molecule has 0 atom stereocenters. The molecule has 0 aliphatic rings. The van der Waals surface area contributed by atoms with Crippen molar-refractivity contribution in [1.82, 2.24) is 10.3 Å². The lowest BCUT2D eigenvalue weighted by Gasteiger charge is -2.08. The molecule has 0 aliphatic carbocycles. The van der Waals surface area contributed by atoms with Gasteiger partial charge >= 0.3 is 0 Å². The summed E-state index contributed by atoms with van der Waals surface area (Å²) in [4.78, 5) is 0. The van der Waals surface area contributed by atoms with E-state index in [2.05, 4.69) is 25.4 Å². The summed E-state index contributed by atoms with van der Waals surface area (Å²) < 4.78 is 4.45. The van der Waals surface area contributed by atoms with Gasteiger partial charge in [0, 0.05) is 5.69 Å². The van der Waals surface area contributed by atoms with Crippen molar-refractivity contribution in [2.24, 2.45) is 5.16 Å². The molecule has 0 saturated carbocycles. The molecule has 0 radical (unpaired) electrons. The minimum absolute atomic E-state index is 0.0548. The molecule has 18 heavy (non-hydrogen) atoms. The molecule has 0 saturated heterocycles. The smallest absolute Gasteiger partial charge is 0.203 e. The Morgan fingerprint density at radius 1 is 1.33 bits per heavy atom. The summed E-state index contributed by atoms with van der Waals surface area (Å²) in [5, 5.41) is 21.9. The number of anilines is 2. The highest BCUT2D eigenvalue weighted by atomic mass is 16.6. The first-order valence-corrected chi connectivity index (χ1v) is 5.26. The van der Waals surface area contributed by atoms with E-state index < -0.39 is 0 Å². The third-order valence-electron chi connectivity index (χ3n) is 2.61. The number of nitrogens with two attached hydrogens (primary N) is 1. The Bertz CT molecular complexity index is 591. The average Bonchev–Trinajstić information content (AvgIpc) is 2.77. The molecule has 94 valence electrons. The van der Waals surface area contributed by atoms with Gasteiger partial charge in [0.1, 0.15) is 0 Å². The van der Waals surface area contributed by atoms with Crippen molar-refractivity contribution in [3.05, 3.63) is 35.0 Å². The van der Waals surface area contributed by atoms with E-state index >= 15 is 0 Å². The second-order valence-corrected chi connectivity index (χ2v) is 3.87. The van der Waals surface area contributed by atoms with Gasteiger partial charge in [-0.2, -0.15) is 0 Å². The summed E-state index contributed by atoms with van der Waals surface area (Å²) >= 11 is 0. The number of oxime groups is 1. The van der Waals surface area contributed by atoms with Crippen molar-refractivity contribution in [3.63, 3.8) is 0 Å². The summed E-state index contributed by atoms with van der Waals surface area (Å²) in [6.45, 7) is 4.00. The maximum atomic E-state index is 8.97. The number of nitrogen functional groups attached to an aromatic ring is 1. The second kappa shape index (κ2) is 4.74. The molecule has 0 spiro atoms. The third kappa shape index (κ3) is 2.24. The predicted octanol–water partition coefficient (Wildman–Crippen LogP) is 1.52. The first-order valence-electron chi connectivity index (χ1n) is 5.26. The van der Waals surface area contributed by atoms with Crippen LogP contribution in [0.4, 0.5) is 11.5 Å². The van der Waals surface area contributed by atoms with E-state index in [1.54, 1.807) is 0 Å². The van der Waals surface area contributed by atoms with Crippen molar-refractivity contribution in [3.8, 4) is 0 Å². The van der Waals surface area contributed by atoms with E-state index in [1.807, 2.05) is 32.0 Å². The lowest BCUT2D eigenvalue weighted by Crippen LogP contribution is -2.16. The first-order chi connectivity index (χ1) is 8.61. The van der Waals surface area contributed by atoms with Gasteiger partial charge in [-0.05, 0) is 47.4 Å².